The van der Waals surface area contributed by atoms with E-state index in [1.165, 1.54) is 11.3 Å². The van der Waals surface area contributed by atoms with Crippen LogP contribution in [0.2, 0.25) is 0 Å². The fourth-order valence-electron chi connectivity index (χ4n) is 3.82. The van der Waals surface area contributed by atoms with E-state index in [1.807, 2.05) is 19.1 Å². The summed E-state index contributed by atoms with van der Waals surface area (Å²) in [7, 11) is 0. The minimum atomic E-state index is 0.0881. The maximum absolute atomic E-state index is 11.1. The molecule has 2 fully saturated rings. The van der Waals surface area contributed by atoms with Crippen LogP contribution in [0, 0.1) is 29.1 Å². The minimum absolute atomic E-state index is 0.0881. The molecule has 0 aromatic carbocycles. The Morgan fingerprint density at radius 1 is 1.27 bits per heavy atom. The maximum atomic E-state index is 11.1. The highest BCUT2D eigenvalue weighted by Gasteiger charge is 2.32. The van der Waals surface area contributed by atoms with Gasteiger partial charge in [0.1, 0.15) is 17.4 Å². The summed E-state index contributed by atoms with van der Waals surface area (Å²) in [5.74, 6) is 1.68. The Morgan fingerprint density at radius 3 is 2.80 bits per heavy atom. The van der Waals surface area contributed by atoms with Gasteiger partial charge in [-0.25, -0.2) is 9.97 Å². The molecule has 7 nitrogen and oxygen atoms in total. The van der Waals surface area contributed by atoms with Gasteiger partial charge in [0.15, 0.2) is 4.83 Å². The first-order chi connectivity index (χ1) is 14.5. The second-order valence-electron chi connectivity index (χ2n) is 8.61. The van der Waals surface area contributed by atoms with Gasteiger partial charge in [-0.2, -0.15) is 5.26 Å². The summed E-state index contributed by atoms with van der Waals surface area (Å²) < 4.78 is 17.6. The zero-order chi connectivity index (χ0) is 21.1. The molecule has 0 N–H and O–H groups in total. The van der Waals surface area contributed by atoms with Gasteiger partial charge in [0.25, 0.3) is 5.19 Å². The first-order valence-corrected chi connectivity index (χ1v) is 11.4. The lowest BCUT2D eigenvalue weighted by atomic mass is 9.83. The fraction of sp³-hybridized carbons (Fsp3) is 0.636. The summed E-state index contributed by atoms with van der Waals surface area (Å²) in [5, 5.41) is 9.46. The second-order valence-corrected chi connectivity index (χ2v) is 9.55. The van der Waals surface area contributed by atoms with Gasteiger partial charge in [-0.05, 0) is 37.7 Å². The second kappa shape index (κ2) is 9.27. The van der Waals surface area contributed by atoms with Crippen molar-refractivity contribution in [2.75, 3.05) is 13.2 Å². The highest BCUT2D eigenvalue weighted by molar-refractivity contribution is 7.19. The SMILES string of the molecule is CC(=O)C[C@@H](C)COC1CC(COc2ccc3nc(OC4CC(C#N)C4)sc3n2)C1. The van der Waals surface area contributed by atoms with Gasteiger partial charge < -0.3 is 19.0 Å². The molecule has 0 bridgehead atoms. The van der Waals surface area contributed by atoms with Crippen molar-refractivity contribution in [3.05, 3.63) is 12.1 Å². The van der Waals surface area contributed by atoms with Crippen molar-refractivity contribution in [3.8, 4) is 17.1 Å². The van der Waals surface area contributed by atoms with E-state index in [-0.39, 0.29) is 29.8 Å². The molecule has 2 aliphatic carbocycles. The van der Waals surface area contributed by atoms with Gasteiger partial charge in [0.2, 0.25) is 5.88 Å². The van der Waals surface area contributed by atoms with E-state index < -0.39 is 0 Å². The third kappa shape index (κ3) is 5.27. The number of pyridine rings is 1. The standard InChI is InChI=1S/C22H27N3O4S/c1-13(5-14(2)26)11-27-17-8-16(9-17)12-28-20-4-3-19-21(25-20)30-22(24-19)29-18-6-15(7-18)10-23/h3-4,13,15-18H,5-9,11-12H2,1-2H3/t13-,15?,16?,17?,18?/m1/s1. The third-order valence-electron chi connectivity index (χ3n) is 5.67. The number of carbonyl (C=O) groups is 1. The number of fused-ring (bicyclic) bond motifs is 1. The molecular formula is C22H27N3O4S. The van der Waals surface area contributed by atoms with Crippen molar-refractivity contribution in [2.24, 2.45) is 17.8 Å². The Bertz CT molecular complexity index is 928. The summed E-state index contributed by atoms with van der Waals surface area (Å²) >= 11 is 1.41. The van der Waals surface area contributed by atoms with Crippen LogP contribution in [0.4, 0.5) is 0 Å². The van der Waals surface area contributed by atoms with Crippen LogP contribution in [0.5, 0.6) is 11.1 Å². The lowest BCUT2D eigenvalue weighted by Gasteiger charge is -2.35. The van der Waals surface area contributed by atoms with Crippen LogP contribution < -0.4 is 9.47 Å². The molecule has 160 valence electrons. The molecule has 2 saturated carbocycles. The summed E-state index contributed by atoms with van der Waals surface area (Å²) in [6.45, 7) is 4.94. The Kier molecular flexibility index (Phi) is 6.49. The molecule has 30 heavy (non-hydrogen) atoms. The van der Waals surface area contributed by atoms with Gasteiger partial charge in [0.05, 0.1) is 24.7 Å². The topological polar surface area (TPSA) is 94.3 Å². The van der Waals surface area contributed by atoms with E-state index >= 15 is 0 Å². The lowest BCUT2D eigenvalue weighted by molar-refractivity contribution is -0.119. The molecule has 0 radical (unpaired) electrons. The van der Waals surface area contributed by atoms with Gasteiger partial charge in [-0.15, -0.1) is 0 Å². The maximum Gasteiger partial charge on any atom is 0.276 e. The highest BCUT2D eigenvalue weighted by atomic mass is 32.1. The van der Waals surface area contributed by atoms with Crippen molar-refractivity contribution in [1.82, 2.24) is 9.97 Å². The van der Waals surface area contributed by atoms with Crippen molar-refractivity contribution in [3.63, 3.8) is 0 Å². The van der Waals surface area contributed by atoms with Crippen molar-refractivity contribution in [2.45, 2.75) is 58.2 Å². The normalized spacial score (nSPS) is 26.3. The molecule has 2 aromatic rings. The number of carbonyl (C=O) groups excluding carboxylic acids is 1. The van der Waals surface area contributed by atoms with Crippen LogP contribution >= 0.6 is 11.3 Å². The molecule has 0 unspecified atom stereocenters. The molecule has 2 heterocycles. The molecule has 0 spiro atoms. The van der Waals surface area contributed by atoms with E-state index in [0.717, 1.165) is 36.0 Å². The van der Waals surface area contributed by atoms with Crippen molar-refractivity contribution < 1.29 is 19.0 Å². The van der Waals surface area contributed by atoms with Crippen LogP contribution in [0.15, 0.2) is 12.1 Å². The summed E-state index contributed by atoms with van der Waals surface area (Å²) in [6.07, 6.45) is 4.46. The average Bonchev–Trinajstić information content (AvgIpc) is 3.03. The van der Waals surface area contributed by atoms with E-state index in [9.17, 15) is 4.79 Å². The van der Waals surface area contributed by atoms with E-state index in [4.69, 9.17) is 19.5 Å². The van der Waals surface area contributed by atoms with Gasteiger partial charge in [-0.1, -0.05) is 18.3 Å². The minimum Gasteiger partial charge on any atom is -0.477 e. The summed E-state index contributed by atoms with van der Waals surface area (Å²) in [4.78, 5) is 20.9. The molecule has 0 aliphatic heterocycles. The number of nitrogens with zero attached hydrogens (tertiary/aromatic N) is 3. The van der Waals surface area contributed by atoms with Crippen LogP contribution in [0.1, 0.15) is 46.0 Å². The smallest absolute Gasteiger partial charge is 0.276 e. The Morgan fingerprint density at radius 2 is 2.07 bits per heavy atom. The number of aromatic nitrogens is 2. The Balaban J connectivity index is 1.19. The Labute approximate surface area is 180 Å². The molecule has 0 amide bonds. The molecule has 1 atom stereocenters. The Hall–Kier alpha value is -2.24. The average molecular weight is 430 g/mol. The molecule has 2 aliphatic rings. The highest BCUT2D eigenvalue weighted by Crippen LogP contribution is 2.35. The van der Waals surface area contributed by atoms with Crippen LogP contribution in [-0.4, -0.2) is 41.2 Å². The van der Waals surface area contributed by atoms with Gasteiger partial charge >= 0.3 is 0 Å². The van der Waals surface area contributed by atoms with Gasteiger partial charge in [-0.3, -0.25) is 0 Å². The quantitative estimate of drug-likeness (QED) is 0.559. The molecule has 8 heteroatoms. The number of thiazole rings is 1. The molecule has 4 rings (SSSR count). The first kappa shape index (κ1) is 21.0. The van der Waals surface area contributed by atoms with Crippen LogP contribution in [-0.2, 0) is 9.53 Å². The zero-order valence-corrected chi connectivity index (χ0v) is 18.2. The monoisotopic (exact) mass is 429 g/mol. The first-order valence-electron chi connectivity index (χ1n) is 10.6. The predicted octanol–water partition coefficient (Wildman–Crippen LogP) is 4.16. The number of Topliss-reactive ketones (excluding diaryl/α,β-unsaturated/α-hetero) is 1. The zero-order valence-electron chi connectivity index (χ0n) is 17.4. The van der Waals surface area contributed by atoms with Crippen LogP contribution in [0.25, 0.3) is 10.3 Å². The molecule has 0 saturated heterocycles. The fourth-order valence-corrected chi connectivity index (χ4v) is 4.67. The predicted molar refractivity (Wildman–Crippen MR) is 113 cm³/mol. The van der Waals surface area contributed by atoms with E-state index in [1.54, 1.807) is 6.92 Å². The van der Waals surface area contributed by atoms with Gasteiger partial charge in [0, 0.05) is 31.9 Å². The van der Waals surface area contributed by atoms with E-state index in [2.05, 4.69) is 16.0 Å². The van der Waals surface area contributed by atoms with Crippen molar-refractivity contribution >= 4 is 27.5 Å². The van der Waals surface area contributed by atoms with Crippen LogP contribution in [0.3, 0.4) is 0 Å². The molecule has 2 aromatic heterocycles. The summed E-state index contributed by atoms with van der Waals surface area (Å²) in [5.41, 5.74) is 0.801. The number of rotatable bonds is 10. The van der Waals surface area contributed by atoms with Crippen molar-refractivity contribution in [1.29, 1.82) is 5.26 Å². The number of ketones is 1. The lowest BCUT2D eigenvalue weighted by Crippen LogP contribution is -2.36. The third-order valence-corrected chi connectivity index (χ3v) is 6.52. The number of ether oxygens (including phenoxy) is 3. The van der Waals surface area contributed by atoms with E-state index in [0.29, 0.717) is 36.6 Å². The molecular weight excluding hydrogens is 402 g/mol. The number of nitriles is 1. The number of hydrogen-bond donors (Lipinski definition) is 0. The number of hydrogen-bond acceptors (Lipinski definition) is 8. The largest absolute Gasteiger partial charge is 0.477 e. The summed E-state index contributed by atoms with van der Waals surface area (Å²) in [6, 6.07) is 6.01.